The van der Waals surface area contributed by atoms with Gasteiger partial charge < -0.3 is 10.2 Å². The van der Waals surface area contributed by atoms with Gasteiger partial charge in [-0.3, -0.25) is 24.2 Å². The molecular weight excluding hydrogens is 292 g/mol. The fourth-order valence-corrected chi connectivity index (χ4v) is 2.08. The molecule has 0 atom stereocenters. The molecule has 0 saturated heterocycles. The van der Waals surface area contributed by atoms with Gasteiger partial charge in [0.2, 0.25) is 0 Å². The average Bonchev–Trinajstić information content (AvgIpc) is 2.79. The molecule has 1 aromatic rings. The number of aliphatic hydroxyl groups is 2. The SMILES string of the molecule is O=C1c2ccccc2C(=O)N1CCN(OCCO)OCCO. The number of hydroxylamine groups is 2. The molecule has 1 aliphatic rings. The number of nitrogens with zero attached hydrogens (tertiary/aromatic N) is 2. The lowest BCUT2D eigenvalue weighted by atomic mass is 10.1. The molecule has 1 heterocycles. The fourth-order valence-electron chi connectivity index (χ4n) is 2.08. The highest BCUT2D eigenvalue weighted by molar-refractivity contribution is 6.21. The summed E-state index contributed by atoms with van der Waals surface area (Å²) < 4.78 is 0. The normalized spacial score (nSPS) is 14.0. The monoisotopic (exact) mass is 310 g/mol. The molecule has 2 amide bonds. The van der Waals surface area contributed by atoms with E-state index in [-0.39, 0.29) is 51.3 Å². The quantitative estimate of drug-likeness (QED) is 0.465. The maximum absolute atomic E-state index is 12.2. The van der Waals surface area contributed by atoms with Crippen LogP contribution in [0.3, 0.4) is 0 Å². The summed E-state index contributed by atoms with van der Waals surface area (Å²) in [7, 11) is 0. The lowest BCUT2D eigenvalue weighted by Crippen LogP contribution is -2.39. The highest BCUT2D eigenvalue weighted by Crippen LogP contribution is 2.22. The van der Waals surface area contributed by atoms with E-state index in [0.29, 0.717) is 11.1 Å². The first-order valence-corrected chi connectivity index (χ1v) is 6.89. The summed E-state index contributed by atoms with van der Waals surface area (Å²) in [5.41, 5.74) is 0.762. The first kappa shape index (κ1) is 16.5. The lowest BCUT2D eigenvalue weighted by Gasteiger charge is -2.22. The molecule has 1 aliphatic heterocycles. The van der Waals surface area contributed by atoms with Gasteiger partial charge in [-0.05, 0) is 12.1 Å². The molecule has 0 saturated carbocycles. The molecule has 0 aromatic heterocycles. The topological polar surface area (TPSA) is 99.5 Å². The molecule has 2 N–H and O–H groups in total. The highest BCUT2D eigenvalue weighted by Gasteiger charge is 2.35. The largest absolute Gasteiger partial charge is 0.394 e. The molecule has 2 rings (SSSR count). The Morgan fingerprint density at radius 3 is 1.91 bits per heavy atom. The molecule has 120 valence electrons. The molecule has 8 nitrogen and oxygen atoms in total. The van der Waals surface area contributed by atoms with Crippen molar-refractivity contribution < 1.29 is 29.5 Å². The Labute approximate surface area is 127 Å². The van der Waals surface area contributed by atoms with E-state index < -0.39 is 0 Å². The Morgan fingerprint density at radius 2 is 1.45 bits per heavy atom. The number of benzene rings is 1. The van der Waals surface area contributed by atoms with Gasteiger partial charge in [-0.15, -0.1) is 0 Å². The van der Waals surface area contributed by atoms with Crippen LogP contribution >= 0.6 is 0 Å². The second kappa shape index (κ2) is 7.97. The van der Waals surface area contributed by atoms with Crippen LogP contribution in [0.2, 0.25) is 0 Å². The minimum absolute atomic E-state index is 0.00749. The lowest BCUT2D eigenvalue weighted by molar-refractivity contribution is -0.370. The van der Waals surface area contributed by atoms with Crippen molar-refractivity contribution in [1.29, 1.82) is 0 Å². The number of aliphatic hydroxyl groups excluding tert-OH is 2. The van der Waals surface area contributed by atoms with E-state index in [9.17, 15) is 9.59 Å². The number of hydrogen-bond acceptors (Lipinski definition) is 7. The minimum Gasteiger partial charge on any atom is -0.394 e. The standard InChI is InChI=1S/C14H18N2O6/c17-7-9-21-16(22-10-8-18)6-5-15-13(19)11-3-1-2-4-12(11)14(15)20/h1-4,17-18H,5-10H2. The average molecular weight is 310 g/mol. The Kier molecular flexibility index (Phi) is 5.99. The van der Waals surface area contributed by atoms with Gasteiger partial charge in [-0.2, -0.15) is 0 Å². The van der Waals surface area contributed by atoms with Crippen molar-refractivity contribution in [3.8, 4) is 0 Å². The van der Waals surface area contributed by atoms with E-state index in [0.717, 1.165) is 10.1 Å². The van der Waals surface area contributed by atoms with E-state index in [1.807, 2.05) is 0 Å². The van der Waals surface area contributed by atoms with Crippen LogP contribution in [0.15, 0.2) is 24.3 Å². The van der Waals surface area contributed by atoms with Crippen molar-refractivity contribution in [2.24, 2.45) is 0 Å². The number of carbonyl (C=O) groups is 2. The minimum atomic E-state index is -0.357. The van der Waals surface area contributed by atoms with Gasteiger partial charge in [0.25, 0.3) is 11.8 Å². The molecule has 0 bridgehead atoms. The van der Waals surface area contributed by atoms with E-state index in [1.54, 1.807) is 24.3 Å². The van der Waals surface area contributed by atoms with Gasteiger partial charge >= 0.3 is 0 Å². The predicted molar refractivity (Wildman–Crippen MR) is 74.6 cm³/mol. The smallest absolute Gasteiger partial charge is 0.261 e. The molecule has 0 radical (unpaired) electrons. The molecule has 22 heavy (non-hydrogen) atoms. The molecule has 0 spiro atoms. The fraction of sp³-hybridized carbons (Fsp3) is 0.429. The Bertz CT molecular complexity index is 493. The van der Waals surface area contributed by atoms with Gasteiger partial charge in [0.1, 0.15) is 0 Å². The molecule has 0 fully saturated rings. The summed E-state index contributed by atoms with van der Waals surface area (Å²) in [6, 6.07) is 6.62. The number of hydrogen-bond donors (Lipinski definition) is 2. The van der Waals surface area contributed by atoms with Crippen LogP contribution in [0, 0.1) is 0 Å². The maximum atomic E-state index is 12.2. The van der Waals surface area contributed by atoms with Crippen molar-refractivity contribution in [3.05, 3.63) is 35.4 Å². The Balaban J connectivity index is 1.95. The summed E-state index contributed by atoms with van der Waals surface area (Å²) in [4.78, 5) is 35.7. The van der Waals surface area contributed by atoms with Crippen LogP contribution < -0.4 is 0 Å². The second-order valence-electron chi connectivity index (χ2n) is 4.48. The zero-order chi connectivity index (χ0) is 15.9. The van der Waals surface area contributed by atoms with Gasteiger partial charge in [0, 0.05) is 6.54 Å². The Morgan fingerprint density at radius 1 is 0.955 bits per heavy atom. The van der Waals surface area contributed by atoms with Crippen LogP contribution in [0.5, 0.6) is 0 Å². The van der Waals surface area contributed by atoms with Crippen molar-refractivity contribution in [3.63, 3.8) is 0 Å². The summed E-state index contributed by atoms with van der Waals surface area (Å²) in [6.45, 7) is -0.215. The second-order valence-corrected chi connectivity index (χ2v) is 4.48. The molecular formula is C14H18N2O6. The van der Waals surface area contributed by atoms with Gasteiger partial charge in [0.05, 0.1) is 44.1 Å². The summed E-state index contributed by atoms with van der Waals surface area (Å²) >= 11 is 0. The number of rotatable bonds is 9. The first-order chi connectivity index (χ1) is 10.7. The summed E-state index contributed by atoms with van der Waals surface area (Å²) in [5, 5.41) is 18.5. The van der Waals surface area contributed by atoms with Gasteiger partial charge in [-0.25, -0.2) is 0 Å². The highest BCUT2D eigenvalue weighted by atomic mass is 16.9. The van der Waals surface area contributed by atoms with Crippen molar-refractivity contribution in [2.75, 3.05) is 39.5 Å². The van der Waals surface area contributed by atoms with Gasteiger partial charge in [-0.1, -0.05) is 17.4 Å². The van der Waals surface area contributed by atoms with Crippen LogP contribution in [-0.2, 0) is 9.68 Å². The van der Waals surface area contributed by atoms with E-state index in [1.165, 1.54) is 0 Å². The molecule has 0 aliphatic carbocycles. The molecule has 8 heteroatoms. The van der Waals surface area contributed by atoms with E-state index in [4.69, 9.17) is 19.9 Å². The maximum Gasteiger partial charge on any atom is 0.261 e. The predicted octanol–water partition coefficient (Wildman–Crippen LogP) is -0.568. The van der Waals surface area contributed by atoms with E-state index in [2.05, 4.69) is 0 Å². The van der Waals surface area contributed by atoms with Crippen molar-refractivity contribution in [1.82, 2.24) is 10.1 Å². The van der Waals surface area contributed by atoms with Crippen LogP contribution in [0.1, 0.15) is 20.7 Å². The zero-order valence-electron chi connectivity index (χ0n) is 12.0. The van der Waals surface area contributed by atoms with E-state index >= 15 is 0 Å². The van der Waals surface area contributed by atoms with Crippen molar-refractivity contribution >= 4 is 11.8 Å². The third-order valence-corrected chi connectivity index (χ3v) is 3.04. The molecule has 1 aromatic carbocycles. The summed E-state index contributed by atoms with van der Waals surface area (Å²) in [6.07, 6.45) is 0. The van der Waals surface area contributed by atoms with Crippen LogP contribution in [-0.4, -0.2) is 71.7 Å². The van der Waals surface area contributed by atoms with Gasteiger partial charge in [0.15, 0.2) is 0 Å². The number of carbonyl (C=O) groups excluding carboxylic acids is 2. The van der Waals surface area contributed by atoms with Crippen LogP contribution in [0.4, 0.5) is 0 Å². The Hall–Kier alpha value is -1.84. The number of imide groups is 1. The third-order valence-electron chi connectivity index (χ3n) is 3.04. The number of amides is 2. The summed E-state index contributed by atoms with van der Waals surface area (Å²) in [5.74, 6) is -0.713. The first-order valence-electron chi connectivity index (χ1n) is 6.89. The molecule has 0 unspecified atom stereocenters. The number of fused-ring (bicyclic) bond motifs is 1. The third kappa shape index (κ3) is 3.67. The van der Waals surface area contributed by atoms with Crippen molar-refractivity contribution in [2.45, 2.75) is 0 Å². The van der Waals surface area contributed by atoms with Crippen LogP contribution in [0.25, 0.3) is 0 Å². The zero-order valence-corrected chi connectivity index (χ0v) is 12.0.